The van der Waals surface area contributed by atoms with Crippen molar-refractivity contribution in [3.63, 3.8) is 0 Å². The first-order chi connectivity index (χ1) is 13.4. The van der Waals surface area contributed by atoms with Gasteiger partial charge in [0.1, 0.15) is 6.04 Å². The minimum absolute atomic E-state index is 0.0890. The lowest BCUT2D eigenvalue weighted by atomic mass is 10.0. The Hall–Kier alpha value is -1.74. The topological polar surface area (TPSA) is 69.7 Å². The average molecular weight is 422 g/mol. The molecule has 8 heteroatoms. The largest absolute Gasteiger partial charge is 0.352 e. The van der Waals surface area contributed by atoms with E-state index in [2.05, 4.69) is 16.3 Å². The third-order valence-corrected chi connectivity index (χ3v) is 7.66. The molecule has 2 aromatic rings. The maximum absolute atomic E-state index is 13.2. The molecule has 0 radical (unpaired) electrons. The summed E-state index contributed by atoms with van der Waals surface area (Å²) in [6.45, 7) is 1.25. The number of carbonyl (C=O) groups is 1. The van der Waals surface area contributed by atoms with Crippen molar-refractivity contribution >= 4 is 27.1 Å². The molecule has 152 valence electrons. The molecule has 1 aromatic heterocycles. The summed E-state index contributed by atoms with van der Waals surface area (Å²) < 4.78 is 23.6. The van der Waals surface area contributed by atoms with Crippen molar-refractivity contribution in [3.8, 4) is 0 Å². The molecule has 0 spiro atoms. The lowest BCUT2D eigenvalue weighted by molar-refractivity contribution is -0.126. The van der Waals surface area contributed by atoms with Gasteiger partial charge in [-0.1, -0.05) is 36.4 Å². The van der Waals surface area contributed by atoms with Gasteiger partial charge in [0.2, 0.25) is 5.91 Å². The molecule has 2 unspecified atom stereocenters. The fourth-order valence-corrected chi connectivity index (χ4v) is 5.61. The van der Waals surface area contributed by atoms with Crippen LogP contribution < -0.4 is 5.32 Å². The first-order valence-electron chi connectivity index (χ1n) is 9.34. The fraction of sp³-hybridized carbons (Fsp3) is 0.450. The molecule has 2 heterocycles. The van der Waals surface area contributed by atoms with E-state index in [9.17, 15) is 13.2 Å². The molecule has 0 aliphatic carbocycles. The summed E-state index contributed by atoms with van der Waals surface area (Å²) in [6.07, 6.45) is 0. The van der Waals surface area contributed by atoms with Crippen molar-refractivity contribution in [2.75, 3.05) is 45.2 Å². The molecule has 1 saturated heterocycles. The number of likely N-dealkylation sites (N-methyl/N-ethyl adjacent to an activating group) is 1. The summed E-state index contributed by atoms with van der Waals surface area (Å²) in [5.74, 6) is 0.104. The monoisotopic (exact) mass is 421 g/mol. The van der Waals surface area contributed by atoms with Crippen LogP contribution in [0.4, 0.5) is 0 Å². The van der Waals surface area contributed by atoms with Crippen LogP contribution >= 0.6 is 11.3 Å². The van der Waals surface area contributed by atoms with Gasteiger partial charge in [0.15, 0.2) is 9.84 Å². The molecule has 0 bridgehead atoms. The van der Waals surface area contributed by atoms with Crippen molar-refractivity contribution in [2.24, 2.45) is 0 Å². The zero-order chi connectivity index (χ0) is 20.1. The SMILES string of the molecule is CN(C)C(CNC(=O)C(c1ccccc1)N1CCS(=O)(=O)CC1)c1cccs1. The minimum Gasteiger partial charge on any atom is -0.352 e. The number of sulfone groups is 1. The minimum atomic E-state index is -3.00. The van der Waals surface area contributed by atoms with Gasteiger partial charge in [-0.05, 0) is 31.1 Å². The molecule has 1 aromatic carbocycles. The Bertz CT molecular complexity index is 853. The molecule has 3 rings (SSSR count). The van der Waals surface area contributed by atoms with E-state index in [1.165, 1.54) is 4.88 Å². The number of hydrogen-bond donors (Lipinski definition) is 1. The predicted molar refractivity (Wildman–Crippen MR) is 113 cm³/mol. The van der Waals surface area contributed by atoms with Crippen molar-refractivity contribution in [2.45, 2.75) is 12.1 Å². The summed E-state index contributed by atoms with van der Waals surface area (Å²) >= 11 is 1.67. The number of hydrogen-bond acceptors (Lipinski definition) is 6. The Labute approximate surface area is 171 Å². The van der Waals surface area contributed by atoms with Gasteiger partial charge in [0, 0.05) is 24.5 Å². The van der Waals surface area contributed by atoms with E-state index in [1.807, 2.05) is 60.8 Å². The van der Waals surface area contributed by atoms with Gasteiger partial charge in [-0.2, -0.15) is 0 Å². The van der Waals surface area contributed by atoms with Gasteiger partial charge in [0.25, 0.3) is 0 Å². The van der Waals surface area contributed by atoms with Crippen molar-refractivity contribution in [1.29, 1.82) is 0 Å². The first kappa shape index (κ1) is 21.0. The first-order valence-corrected chi connectivity index (χ1v) is 12.0. The number of thiophene rings is 1. The van der Waals surface area contributed by atoms with E-state index in [4.69, 9.17) is 0 Å². The molecule has 1 aliphatic heterocycles. The highest BCUT2D eigenvalue weighted by molar-refractivity contribution is 7.91. The number of amides is 1. The standard InChI is InChI=1S/C20H27N3O3S2/c1-22(2)17(18-9-6-12-27-18)15-21-20(24)19(16-7-4-3-5-8-16)23-10-13-28(25,26)14-11-23/h3-9,12,17,19H,10-11,13-15H2,1-2H3,(H,21,24). The van der Waals surface area contributed by atoms with Crippen LogP contribution in [0.25, 0.3) is 0 Å². The van der Waals surface area contributed by atoms with Crippen LogP contribution in [-0.4, -0.2) is 69.4 Å². The Morgan fingerprint density at radius 1 is 1.14 bits per heavy atom. The zero-order valence-electron chi connectivity index (χ0n) is 16.2. The maximum Gasteiger partial charge on any atom is 0.242 e. The van der Waals surface area contributed by atoms with Gasteiger partial charge < -0.3 is 10.2 Å². The van der Waals surface area contributed by atoms with Gasteiger partial charge in [-0.25, -0.2) is 8.42 Å². The van der Waals surface area contributed by atoms with Crippen LogP contribution in [0.15, 0.2) is 47.8 Å². The Kier molecular flexibility index (Phi) is 6.87. The molecule has 2 atom stereocenters. The van der Waals surface area contributed by atoms with Crippen LogP contribution in [0.1, 0.15) is 22.5 Å². The average Bonchev–Trinajstić information content (AvgIpc) is 3.18. The summed E-state index contributed by atoms with van der Waals surface area (Å²) in [5, 5.41) is 5.14. The van der Waals surface area contributed by atoms with Crippen molar-refractivity contribution in [1.82, 2.24) is 15.1 Å². The normalized spacial score (nSPS) is 19.2. The molecule has 1 fully saturated rings. The van der Waals surface area contributed by atoms with E-state index in [-0.39, 0.29) is 23.5 Å². The van der Waals surface area contributed by atoms with E-state index >= 15 is 0 Å². The molecule has 1 N–H and O–H groups in total. The number of carbonyl (C=O) groups excluding carboxylic acids is 1. The lowest BCUT2D eigenvalue weighted by Gasteiger charge is -2.34. The highest BCUT2D eigenvalue weighted by atomic mass is 32.2. The van der Waals surface area contributed by atoms with E-state index in [1.54, 1.807) is 11.3 Å². The molecule has 0 saturated carbocycles. The molecule has 1 aliphatic rings. The van der Waals surface area contributed by atoms with Gasteiger partial charge in [0.05, 0.1) is 17.5 Å². The summed E-state index contributed by atoms with van der Waals surface area (Å²) in [5.41, 5.74) is 0.886. The van der Waals surface area contributed by atoms with Gasteiger partial charge in [-0.3, -0.25) is 9.69 Å². The second-order valence-corrected chi connectivity index (χ2v) is 10.5. The van der Waals surface area contributed by atoms with Crippen LogP contribution in [0.3, 0.4) is 0 Å². The fourth-order valence-electron chi connectivity index (χ4n) is 3.46. The quantitative estimate of drug-likeness (QED) is 0.740. The number of rotatable bonds is 7. The summed E-state index contributed by atoms with van der Waals surface area (Å²) in [4.78, 5) is 18.5. The highest BCUT2D eigenvalue weighted by Gasteiger charge is 2.32. The maximum atomic E-state index is 13.2. The zero-order valence-corrected chi connectivity index (χ0v) is 17.9. The Balaban J connectivity index is 1.75. The lowest BCUT2D eigenvalue weighted by Crippen LogP contribution is -2.48. The van der Waals surface area contributed by atoms with Crippen LogP contribution in [0, 0.1) is 0 Å². The molecular formula is C20H27N3O3S2. The number of benzene rings is 1. The van der Waals surface area contributed by atoms with E-state index < -0.39 is 15.9 Å². The number of nitrogens with zero attached hydrogens (tertiary/aromatic N) is 2. The van der Waals surface area contributed by atoms with E-state index in [0.29, 0.717) is 19.6 Å². The van der Waals surface area contributed by atoms with Gasteiger partial charge in [-0.15, -0.1) is 11.3 Å². The second kappa shape index (κ2) is 9.17. The molecular weight excluding hydrogens is 394 g/mol. The van der Waals surface area contributed by atoms with E-state index in [0.717, 1.165) is 5.56 Å². The van der Waals surface area contributed by atoms with Crippen LogP contribution in [0.5, 0.6) is 0 Å². The Morgan fingerprint density at radius 2 is 1.82 bits per heavy atom. The summed E-state index contributed by atoms with van der Waals surface area (Å²) in [6, 6.07) is 13.3. The molecule has 1 amide bonds. The summed E-state index contributed by atoms with van der Waals surface area (Å²) in [7, 11) is 0.999. The van der Waals surface area contributed by atoms with Crippen LogP contribution in [-0.2, 0) is 14.6 Å². The molecule has 28 heavy (non-hydrogen) atoms. The predicted octanol–water partition coefficient (Wildman–Crippen LogP) is 1.94. The smallest absolute Gasteiger partial charge is 0.242 e. The second-order valence-electron chi connectivity index (χ2n) is 7.24. The third kappa shape index (κ3) is 5.20. The molecule has 6 nitrogen and oxygen atoms in total. The third-order valence-electron chi connectivity index (χ3n) is 5.07. The number of nitrogens with one attached hydrogen (secondary N) is 1. The van der Waals surface area contributed by atoms with Crippen molar-refractivity contribution in [3.05, 3.63) is 58.3 Å². The Morgan fingerprint density at radius 3 is 2.39 bits per heavy atom. The van der Waals surface area contributed by atoms with Crippen LogP contribution in [0.2, 0.25) is 0 Å². The van der Waals surface area contributed by atoms with Crippen molar-refractivity contribution < 1.29 is 13.2 Å². The van der Waals surface area contributed by atoms with Gasteiger partial charge >= 0.3 is 0 Å². The highest BCUT2D eigenvalue weighted by Crippen LogP contribution is 2.25.